The summed E-state index contributed by atoms with van der Waals surface area (Å²) in [5.41, 5.74) is 0. The van der Waals surface area contributed by atoms with Gasteiger partial charge < -0.3 is 9.47 Å². The van der Waals surface area contributed by atoms with Crippen molar-refractivity contribution in [3.63, 3.8) is 0 Å². The van der Waals surface area contributed by atoms with E-state index in [0.717, 1.165) is 0 Å². The molecule has 0 aromatic carbocycles. The van der Waals surface area contributed by atoms with E-state index in [4.69, 9.17) is 20.2 Å². The molecule has 90 valence electrons. The third-order valence-electron chi connectivity index (χ3n) is 2.37. The Bertz CT molecular complexity index is 274. The molecule has 0 bridgehead atoms. The highest BCUT2D eigenvalue weighted by Crippen LogP contribution is 2.33. The molecule has 0 aromatic heterocycles. The summed E-state index contributed by atoms with van der Waals surface area (Å²) in [6, 6.07) is 0. The van der Waals surface area contributed by atoms with Crippen LogP contribution in [0, 0.1) is 5.92 Å². The van der Waals surface area contributed by atoms with E-state index in [-0.39, 0.29) is 12.4 Å². The van der Waals surface area contributed by atoms with E-state index in [1.165, 1.54) is 12.8 Å². The zero-order chi connectivity index (χ0) is 11.3. The molecule has 1 aliphatic carbocycles. The van der Waals surface area contributed by atoms with Crippen molar-refractivity contribution in [3.8, 4) is 0 Å². The van der Waals surface area contributed by atoms with Crippen LogP contribution in [0.3, 0.4) is 0 Å². The van der Waals surface area contributed by atoms with Crippen LogP contribution in [-0.4, -0.2) is 40.1 Å². The molecule has 0 radical (unpaired) electrons. The van der Waals surface area contributed by atoms with Gasteiger partial charge in [0.05, 0.1) is 31.7 Å². The predicted octanol–water partition coefficient (Wildman–Crippen LogP) is 1.39. The number of hydrogen-bond acceptors (Lipinski definition) is 4. The van der Waals surface area contributed by atoms with Crippen LogP contribution >= 0.6 is 10.7 Å². The van der Waals surface area contributed by atoms with Crippen LogP contribution < -0.4 is 0 Å². The largest absolute Gasteiger partial charge is 0.378 e. The Kier molecular flexibility index (Phi) is 5.32. The van der Waals surface area contributed by atoms with Crippen LogP contribution in [0.5, 0.6) is 0 Å². The fraction of sp³-hybridized carbons (Fsp3) is 1.00. The van der Waals surface area contributed by atoms with Gasteiger partial charge in [-0.2, -0.15) is 0 Å². The van der Waals surface area contributed by atoms with E-state index >= 15 is 0 Å². The van der Waals surface area contributed by atoms with Gasteiger partial charge in [-0.25, -0.2) is 8.42 Å². The van der Waals surface area contributed by atoms with Gasteiger partial charge in [-0.3, -0.25) is 0 Å². The Labute approximate surface area is 95.3 Å². The molecule has 6 heteroatoms. The first-order chi connectivity index (χ1) is 6.99. The molecule has 0 aromatic rings. The van der Waals surface area contributed by atoms with Crippen molar-refractivity contribution >= 4 is 19.7 Å². The highest BCUT2D eigenvalue weighted by molar-refractivity contribution is 8.13. The highest BCUT2D eigenvalue weighted by Gasteiger charge is 2.28. The monoisotopic (exact) mass is 256 g/mol. The topological polar surface area (TPSA) is 52.6 Å². The minimum absolute atomic E-state index is 0.132. The quantitative estimate of drug-likeness (QED) is 0.486. The Morgan fingerprint density at radius 3 is 2.53 bits per heavy atom. The average molecular weight is 257 g/mol. The van der Waals surface area contributed by atoms with Crippen molar-refractivity contribution in [1.29, 1.82) is 0 Å². The van der Waals surface area contributed by atoms with E-state index < -0.39 is 9.05 Å². The molecule has 4 nitrogen and oxygen atoms in total. The zero-order valence-corrected chi connectivity index (χ0v) is 10.4. The smallest absolute Gasteiger partial charge is 0.234 e. The van der Waals surface area contributed by atoms with Crippen LogP contribution in [0.25, 0.3) is 0 Å². The fourth-order valence-corrected chi connectivity index (χ4v) is 1.76. The molecule has 0 amide bonds. The minimum atomic E-state index is -3.42. The molecule has 1 aliphatic rings. The number of halogens is 1. The maximum absolute atomic E-state index is 10.5. The van der Waals surface area contributed by atoms with Crippen LogP contribution in [0.2, 0.25) is 0 Å². The lowest BCUT2D eigenvalue weighted by Gasteiger charge is -2.11. The van der Waals surface area contributed by atoms with Crippen LogP contribution in [0.4, 0.5) is 0 Å². The summed E-state index contributed by atoms with van der Waals surface area (Å²) in [5.74, 6) is 0.570. The maximum atomic E-state index is 10.5. The standard InChI is InChI=1S/C9H17ClO4S/c1-8(9-2-3-9)14-5-4-13-6-7-15(10,11)12/h8-9H,2-7H2,1H3. The summed E-state index contributed by atoms with van der Waals surface area (Å²) >= 11 is 0. The molecule has 0 spiro atoms. The second-order valence-corrected chi connectivity index (χ2v) is 6.67. The van der Waals surface area contributed by atoms with Crippen molar-refractivity contribution in [2.24, 2.45) is 5.92 Å². The Balaban J connectivity index is 1.88. The molecule has 1 atom stereocenters. The van der Waals surface area contributed by atoms with Crippen molar-refractivity contribution in [1.82, 2.24) is 0 Å². The number of ether oxygens (including phenoxy) is 2. The van der Waals surface area contributed by atoms with Crippen molar-refractivity contribution in [2.45, 2.75) is 25.9 Å². The van der Waals surface area contributed by atoms with Gasteiger partial charge in [0.25, 0.3) is 0 Å². The predicted molar refractivity (Wildman–Crippen MR) is 58.6 cm³/mol. The minimum Gasteiger partial charge on any atom is -0.378 e. The fourth-order valence-electron chi connectivity index (χ4n) is 1.26. The first kappa shape index (κ1) is 13.2. The van der Waals surface area contributed by atoms with E-state index in [1.807, 2.05) is 0 Å². The maximum Gasteiger partial charge on any atom is 0.234 e. The summed E-state index contributed by atoms with van der Waals surface area (Å²) in [7, 11) is 1.58. The van der Waals surface area contributed by atoms with E-state index in [9.17, 15) is 8.42 Å². The number of hydrogen-bond donors (Lipinski definition) is 0. The van der Waals surface area contributed by atoms with Crippen molar-refractivity contribution in [2.75, 3.05) is 25.6 Å². The SMILES string of the molecule is CC(OCCOCCS(=O)(=O)Cl)C1CC1. The zero-order valence-electron chi connectivity index (χ0n) is 8.82. The van der Waals surface area contributed by atoms with Crippen molar-refractivity contribution < 1.29 is 17.9 Å². The summed E-state index contributed by atoms with van der Waals surface area (Å²) in [6.07, 6.45) is 2.81. The summed E-state index contributed by atoms with van der Waals surface area (Å²) in [6.45, 7) is 3.12. The molecule has 0 heterocycles. The molecule has 1 unspecified atom stereocenters. The van der Waals surface area contributed by atoms with Gasteiger partial charge in [-0.15, -0.1) is 0 Å². The third-order valence-corrected chi connectivity index (χ3v) is 3.48. The molecule has 0 aliphatic heterocycles. The molecule has 1 fully saturated rings. The summed E-state index contributed by atoms with van der Waals surface area (Å²) in [4.78, 5) is 0. The summed E-state index contributed by atoms with van der Waals surface area (Å²) in [5, 5.41) is 0. The van der Waals surface area contributed by atoms with Gasteiger partial charge >= 0.3 is 0 Å². The van der Waals surface area contributed by atoms with Gasteiger partial charge in [0.1, 0.15) is 0 Å². The molecule has 1 saturated carbocycles. The third kappa shape index (κ3) is 7.11. The van der Waals surface area contributed by atoms with Crippen LogP contribution in [0.15, 0.2) is 0 Å². The first-order valence-electron chi connectivity index (χ1n) is 5.11. The Hall–Kier alpha value is 0.160. The van der Waals surface area contributed by atoms with E-state index in [2.05, 4.69) is 6.92 Å². The Morgan fingerprint density at radius 2 is 2.00 bits per heavy atom. The van der Waals surface area contributed by atoms with Gasteiger partial charge in [0.2, 0.25) is 9.05 Å². The molecule has 1 rings (SSSR count). The lowest BCUT2D eigenvalue weighted by atomic mass is 10.3. The molecule has 0 N–H and O–H groups in total. The molecular weight excluding hydrogens is 240 g/mol. The van der Waals surface area contributed by atoms with Crippen LogP contribution in [-0.2, 0) is 18.5 Å². The normalized spacial score (nSPS) is 19.1. The lowest BCUT2D eigenvalue weighted by molar-refractivity contribution is 0.00683. The van der Waals surface area contributed by atoms with Gasteiger partial charge in [-0.05, 0) is 25.7 Å². The first-order valence-corrected chi connectivity index (χ1v) is 7.58. The van der Waals surface area contributed by atoms with E-state index in [1.54, 1.807) is 0 Å². The second-order valence-electron chi connectivity index (χ2n) is 3.77. The summed E-state index contributed by atoms with van der Waals surface area (Å²) < 4.78 is 31.6. The Morgan fingerprint density at radius 1 is 1.33 bits per heavy atom. The molecule has 0 saturated heterocycles. The van der Waals surface area contributed by atoms with Crippen LogP contribution in [0.1, 0.15) is 19.8 Å². The second kappa shape index (κ2) is 6.03. The van der Waals surface area contributed by atoms with Gasteiger partial charge in [0.15, 0.2) is 0 Å². The van der Waals surface area contributed by atoms with Crippen molar-refractivity contribution in [3.05, 3.63) is 0 Å². The molecule has 15 heavy (non-hydrogen) atoms. The average Bonchev–Trinajstić information content (AvgIpc) is 2.91. The van der Waals surface area contributed by atoms with Gasteiger partial charge in [-0.1, -0.05) is 0 Å². The van der Waals surface area contributed by atoms with Gasteiger partial charge in [0, 0.05) is 10.7 Å². The lowest BCUT2D eigenvalue weighted by Crippen LogP contribution is -2.16. The van der Waals surface area contributed by atoms with E-state index in [0.29, 0.717) is 25.2 Å². The number of rotatable bonds is 8. The highest BCUT2D eigenvalue weighted by atomic mass is 35.7. The molecular formula is C9H17ClO4S.